The lowest BCUT2D eigenvalue weighted by Gasteiger charge is -2.34. The fraction of sp³-hybridized carbons (Fsp3) is 0.600. The zero-order valence-electron chi connectivity index (χ0n) is 16.9. The van der Waals surface area contributed by atoms with Crippen LogP contribution in [0, 0.1) is 0 Å². The molecule has 1 unspecified atom stereocenters. The van der Waals surface area contributed by atoms with Gasteiger partial charge in [-0.3, -0.25) is 9.80 Å². The Morgan fingerprint density at radius 2 is 1.79 bits per heavy atom. The molecule has 1 atom stereocenters. The predicted octanol–water partition coefficient (Wildman–Crippen LogP) is 1.65. The lowest BCUT2D eigenvalue weighted by atomic mass is 10.2. The summed E-state index contributed by atoms with van der Waals surface area (Å²) < 4.78 is 16.1. The lowest BCUT2D eigenvalue weighted by Crippen LogP contribution is -2.48. The first-order valence-corrected chi connectivity index (χ1v) is 9.75. The minimum Gasteiger partial charge on any atom is -0.497 e. The first kappa shape index (κ1) is 20.7. The van der Waals surface area contributed by atoms with E-state index >= 15 is 0 Å². The molecule has 1 aliphatic rings. The molecule has 0 spiro atoms. The largest absolute Gasteiger partial charge is 0.497 e. The molecule has 1 N–H and O–H groups in total. The molecule has 154 valence electrons. The number of benzene rings is 1. The number of rotatable bonds is 9. The summed E-state index contributed by atoms with van der Waals surface area (Å²) in [6.45, 7) is 9.21. The van der Waals surface area contributed by atoms with Gasteiger partial charge in [0.25, 0.3) is 0 Å². The summed E-state index contributed by atoms with van der Waals surface area (Å²) in [6.07, 6.45) is -0.305. The molecule has 0 bridgehead atoms. The number of hydrogen-bond donors (Lipinski definition) is 1. The van der Waals surface area contributed by atoms with Gasteiger partial charge in [0, 0.05) is 38.3 Å². The number of aromatic nitrogens is 2. The number of nitrogens with zero attached hydrogens (tertiary/aromatic N) is 4. The number of ether oxygens (including phenoxy) is 2. The van der Waals surface area contributed by atoms with Crippen LogP contribution in [-0.2, 0) is 11.3 Å². The van der Waals surface area contributed by atoms with E-state index in [9.17, 15) is 5.11 Å². The summed E-state index contributed by atoms with van der Waals surface area (Å²) in [6, 6.07) is 7.59. The van der Waals surface area contributed by atoms with Crippen molar-refractivity contribution in [1.29, 1.82) is 0 Å². The van der Waals surface area contributed by atoms with Gasteiger partial charge >= 0.3 is 0 Å². The van der Waals surface area contributed by atoms with Crippen molar-refractivity contribution in [3.63, 3.8) is 0 Å². The van der Waals surface area contributed by atoms with Crippen LogP contribution in [-0.4, -0.2) is 83.7 Å². The zero-order chi connectivity index (χ0) is 19.9. The van der Waals surface area contributed by atoms with Gasteiger partial charge in [-0.2, -0.15) is 4.98 Å². The van der Waals surface area contributed by atoms with Gasteiger partial charge in [-0.05, 0) is 38.1 Å². The topological polar surface area (TPSA) is 84.1 Å². The van der Waals surface area contributed by atoms with Crippen molar-refractivity contribution in [3.05, 3.63) is 30.2 Å². The normalized spacial score (nSPS) is 17.2. The van der Waals surface area contributed by atoms with Crippen molar-refractivity contribution in [2.24, 2.45) is 0 Å². The Hall–Kier alpha value is -2.00. The second kappa shape index (κ2) is 9.97. The summed E-state index contributed by atoms with van der Waals surface area (Å²) >= 11 is 0. The number of piperazine rings is 1. The van der Waals surface area contributed by atoms with Crippen LogP contribution < -0.4 is 4.74 Å². The van der Waals surface area contributed by atoms with Crippen LogP contribution in [0.15, 0.2) is 28.8 Å². The molecule has 8 heteroatoms. The van der Waals surface area contributed by atoms with Gasteiger partial charge < -0.3 is 19.1 Å². The van der Waals surface area contributed by atoms with E-state index in [-0.39, 0.29) is 6.10 Å². The highest BCUT2D eigenvalue weighted by Crippen LogP contribution is 2.20. The van der Waals surface area contributed by atoms with Crippen LogP contribution in [0.5, 0.6) is 5.75 Å². The van der Waals surface area contributed by atoms with Crippen LogP contribution in [0.2, 0.25) is 0 Å². The van der Waals surface area contributed by atoms with E-state index in [1.165, 1.54) is 0 Å². The van der Waals surface area contributed by atoms with Gasteiger partial charge in [-0.25, -0.2) is 0 Å². The van der Waals surface area contributed by atoms with Gasteiger partial charge in [0.2, 0.25) is 11.7 Å². The SMILES string of the molecule is COc1ccc(-c2noc(CN3CCN(CC(O)COC(C)C)CC3)n2)cc1. The monoisotopic (exact) mass is 390 g/mol. The van der Waals surface area contributed by atoms with E-state index in [0.717, 1.165) is 37.5 Å². The van der Waals surface area contributed by atoms with E-state index in [2.05, 4.69) is 19.9 Å². The molecule has 0 radical (unpaired) electrons. The molecule has 28 heavy (non-hydrogen) atoms. The van der Waals surface area contributed by atoms with E-state index in [0.29, 0.717) is 31.4 Å². The Balaban J connectivity index is 1.44. The minimum atomic E-state index is -0.447. The van der Waals surface area contributed by atoms with Crippen molar-refractivity contribution in [3.8, 4) is 17.1 Å². The quantitative estimate of drug-likeness (QED) is 0.692. The van der Waals surface area contributed by atoms with Crippen molar-refractivity contribution in [2.45, 2.75) is 32.6 Å². The first-order chi connectivity index (χ1) is 13.5. The van der Waals surface area contributed by atoms with E-state index < -0.39 is 6.10 Å². The number of methoxy groups -OCH3 is 1. The number of aliphatic hydroxyl groups is 1. The average molecular weight is 390 g/mol. The summed E-state index contributed by atoms with van der Waals surface area (Å²) in [5, 5.41) is 14.2. The maximum atomic E-state index is 10.1. The van der Waals surface area contributed by atoms with Crippen molar-refractivity contribution < 1.29 is 19.1 Å². The molecule has 1 aromatic heterocycles. The van der Waals surface area contributed by atoms with Crippen LogP contribution in [0.4, 0.5) is 0 Å². The van der Waals surface area contributed by atoms with Gasteiger partial charge in [-0.15, -0.1) is 0 Å². The second-order valence-electron chi connectivity index (χ2n) is 7.35. The summed E-state index contributed by atoms with van der Waals surface area (Å²) in [5.74, 6) is 2.00. The third kappa shape index (κ3) is 6.00. The Labute approximate surface area is 166 Å². The standard InChI is InChI=1S/C20H30N4O4/c1-15(2)27-14-17(25)12-23-8-10-24(11-9-23)13-19-21-20(22-28-19)16-4-6-18(26-3)7-5-16/h4-7,15,17,25H,8-14H2,1-3H3. The molecule has 0 amide bonds. The molecule has 2 aromatic rings. The summed E-state index contributed by atoms with van der Waals surface area (Å²) in [4.78, 5) is 9.06. The van der Waals surface area contributed by atoms with Crippen LogP contribution in [0.1, 0.15) is 19.7 Å². The van der Waals surface area contributed by atoms with Crippen LogP contribution in [0.3, 0.4) is 0 Å². The molecule has 0 saturated carbocycles. The molecule has 0 aliphatic carbocycles. The molecule has 3 rings (SSSR count). The highest BCUT2D eigenvalue weighted by Gasteiger charge is 2.21. The third-order valence-electron chi connectivity index (χ3n) is 4.73. The van der Waals surface area contributed by atoms with Crippen molar-refractivity contribution in [2.75, 3.05) is 46.4 Å². The molecule has 8 nitrogen and oxygen atoms in total. The van der Waals surface area contributed by atoms with Gasteiger partial charge in [-0.1, -0.05) is 5.16 Å². The van der Waals surface area contributed by atoms with Crippen LogP contribution >= 0.6 is 0 Å². The van der Waals surface area contributed by atoms with E-state index in [1.807, 2.05) is 38.1 Å². The number of β-amino-alcohol motifs (C(OH)–C–C–N with tert-alkyl or cyclic N) is 1. The molecule has 2 heterocycles. The van der Waals surface area contributed by atoms with Crippen LogP contribution in [0.25, 0.3) is 11.4 Å². The maximum absolute atomic E-state index is 10.1. The maximum Gasteiger partial charge on any atom is 0.241 e. The fourth-order valence-corrected chi connectivity index (χ4v) is 3.15. The smallest absolute Gasteiger partial charge is 0.241 e. The Bertz CT molecular complexity index is 711. The predicted molar refractivity (Wildman–Crippen MR) is 105 cm³/mol. The molecular weight excluding hydrogens is 360 g/mol. The van der Waals surface area contributed by atoms with Crippen molar-refractivity contribution in [1.82, 2.24) is 19.9 Å². The number of hydrogen-bond acceptors (Lipinski definition) is 8. The molecule has 1 fully saturated rings. The Morgan fingerprint density at radius 3 is 2.43 bits per heavy atom. The van der Waals surface area contributed by atoms with Gasteiger partial charge in [0.15, 0.2) is 0 Å². The van der Waals surface area contributed by atoms with E-state index in [1.54, 1.807) is 7.11 Å². The van der Waals surface area contributed by atoms with E-state index in [4.69, 9.17) is 14.0 Å². The second-order valence-corrected chi connectivity index (χ2v) is 7.35. The molecule has 1 aromatic carbocycles. The summed E-state index contributed by atoms with van der Waals surface area (Å²) in [7, 11) is 1.64. The Morgan fingerprint density at radius 1 is 1.11 bits per heavy atom. The average Bonchev–Trinajstić information content (AvgIpc) is 3.16. The van der Waals surface area contributed by atoms with Gasteiger partial charge in [0.1, 0.15) is 5.75 Å². The molecule has 1 aliphatic heterocycles. The zero-order valence-corrected chi connectivity index (χ0v) is 16.9. The number of aliphatic hydroxyl groups excluding tert-OH is 1. The fourth-order valence-electron chi connectivity index (χ4n) is 3.15. The summed E-state index contributed by atoms with van der Waals surface area (Å²) in [5.41, 5.74) is 0.901. The van der Waals surface area contributed by atoms with Crippen molar-refractivity contribution >= 4 is 0 Å². The highest BCUT2D eigenvalue weighted by molar-refractivity contribution is 5.55. The Kier molecular flexibility index (Phi) is 7.38. The minimum absolute atomic E-state index is 0.142. The third-order valence-corrected chi connectivity index (χ3v) is 4.73. The van der Waals surface area contributed by atoms with Gasteiger partial charge in [0.05, 0.1) is 32.5 Å². The highest BCUT2D eigenvalue weighted by atomic mass is 16.5. The molecule has 1 saturated heterocycles. The molecular formula is C20H30N4O4. The first-order valence-electron chi connectivity index (χ1n) is 9.75. The lowest BCUT2D eigenvalue weighted by molar-refractivity contribution is -0.0152.